The molecule has 0 radical (unpaired) electrons. The smallest absolute Gasteiger partial charge is 0.143 e. The third-order valence-electron chi connectivity index (χ3n) is 1.33. The number of alkyl halides is 1. The molecule has 0 aromatic carbocycles. The summed E-state index contributed by atoms with van der Waals surface area (Å²) in [5.74, 6) is 0.442. The summed E-state index contributed by atoms with van der Waals surface area (Å²) >= 11 is 0. The number of nitrogens with zero attached hydrogens (tertiary/aromatic N) is 1. The Morgan fingerprint density at radius 2 is 2.42 bits per heavy atom. The van der Waals surface area contributed by atoms with Gasteiger partial charge in [-0.1, -0.05) is 0 Å². The molecule has 0 aliphatic rings. The number of pyridine rings is 1. The van der Waals surface area contributed by atoms with Crippen molar-refractivity contribution in [2.24, 2.45) is 0 Å². The number of aliphatic hydroxyl groups is 1. The van der Waals surface area contributed by atoms with Gasteiger partial charge >= 0.3 is 0 Å². The van der Waals surface area contributed by atoms with Gasteiger partial charge in [-0.25, -0.2) is 4.39 Å². The molecule has 1 rings (SSSR count). The van der Waals surface area contributed by atoms with Crippen LogP contribution < -0.4 is 4.74 Å². The average molecular weight is 171 g/mol. The van der Waals surface area contributed by atoms with E-state index in [2.05, 4.69) is 4.98 Å². The van der Waals surface area contributed by atoms with Crippen LogP contribution in [-0.4, -0.2) is 23.4 Å². The number of aromatic nitrogens is 1. The number of rotatable bonds is 4. The molecule has 1 aromatic rings. The normalized spacial score (nSPS) is 9.83. The van der Waals surface area contributed by atoms with Crippen molar-refractivity contribution in [2.45, 2.75) is 6.61 Å². The molecule has 12 heavy (non-hydrogen) atoms. The zero-order valence-electron chi connectivity index (χ0n) is 6.53. The molecule has 4 heteroatoms. The second-order valence-electron chi connectivity index (χ2n) is 2.14. The van der Waals surface area contributed by atoms with Gasteiger partial charge in [-0.15, -0.1) is 0 Å². The van der Waals surface area contributed by atoms with Gasteiger partial charge in [-0.05, 0) is 12.1 Å². The highest BCUT2D eigenvalue weighted by molar-refractivity contribution is 5.25. The molecule has 0 atom stereocenters. The molecule has 0 aliphatic carbocycles. The molecule has 0 aliphatic heterocycles. The van der Waals surface area contributed by atoms with E-state index in [1.807, 2.05) is 0 Å². The van der Waals surface area contributed by atoms with Crippen molar-refractivity contribution >= 4 is 0 Å². The van der Waals surface area contributed by atoms with Crippen molar-refractivity contribution in [3.63, 3.8) is 0 Å². The molecule has 1 heterocycles. The summed E-state index contributed by atoms with van der Waals surface area (Å²) in [6, 6.07) is 3.32. The van der Waals surface area contributed by atoms with Crippen LogP contribution in [0.1, 0.15) is 5.69 Å². The van der Waals surface area contributed by atoms with Gasteiger partial charge in [0.15, 0.2) is 0 Å². The van der Waals surface area contributed by atoms with Crippen molar-refractivity contribution < 1.29 is 14.2 Å². The minimum Gasteiger partial charge on any atom is -0.489 e. The van der Waals surface area contributed by atoms with E-state index in [4.69, 9.17) is 9.84 Å². The molecular formula is C8H10FNO2. The lowest BCUT2D eigenvalue weighted by Gasteiger charge is -2.06. The van der Waals surface area contributed by atoms with Gasteiger partial charge in [0, 0.05) is 6.20 Å². The van der Waals surface area contributed by atoms with Gasteiger partial charge in [0.1, 0.15) is 24.7 Å². The maximum absolute atomic E-state index is 11.7. The SMILES string of the molecule is OCc1ncccc1OCCF. The quantitative estimate of drug-likeness (QED) is 0.732. The van der Waals surface area contributed by atoms with Crippen molar-refractivity contribution in [2.75, 3.05) is 13.3 Å². The second kappa shape index (κ2) is 4.66. The Hall–Kier alpha value is -1.16. The van der Waals surface area contributed by atoms with Crippen LogP contribution in [0.2, 0.25) is 0 Å². The highest BCUT2D eigenvalue weighted by atomic mass is 19.1. The van der Waals surface area contributed by atoms with Gasteiger partial charge in [-0.3, -0.25) is 4.98 Å². The van der Waals surface area contributed by atoms with Crippen molar-refractivity contribution in [1.29, 1.82) is 0 Å². The number of ether oxygens (including phenoxy) is 1. The summed E-state index contributed by atoms with van der Waals surface area (Å²) < 4.78 is 16.7. The lowest BCUT2D eigenvalue weighted by atomic mass is 10.3. The van der Waals surface area contributed by atoms with Crippen molar-refractivity contribution in [3.8, 4) is 5.75 Å². The summed E-state index contributed by atoms with van der Waals surface area (Å²) in [6.45, 7) is -0.735. The van der Waals surface area contributed by atoms with Gasteiger partial charge in [0.05, 0.1) is 6.61 Å². The monoisotopic (exact) mass is 171 g/mol. The van der Waals surface area contributed by atoms with Gasteiger partial charge in [0.2, 0.25) is 0 Å². The topological polar surface area (TPSA) is 42.4 Å². The first-order valence-corrected chi connectivity index (χ1v) is 3.62. The summed E-state index contributed by atoms with van der Waals surface area (Å²) in [4.78, 5) is 3.85. The number of aliphatic hydroxyl groups excluding tert-OH is 1. The van der Waals surface area contributed by atoms with Gasteiger partial charge in [0.25, 0.3) is 0 Å². The Balaban J connectivity index is 2.68. The van der Waals surface area contributed by atoms with E-state index < -0.39 is 6.67 Å². The molecule has 0 saturated carbocycles. The number of halogens is 1. The summed E-state index contributed by atoms with van der Waals surface area (Å²) in [7, 11) is 0. The molecule has 0 amide bonds. The fraction of sp³-hybridized carbons (Fsp3) is 0.375. The van der Waals surface area contributed by atoms with Crippen LogP contribution in [-0.2, 0) is 6.61 Å². The maximum Gasteiger partial charge on any atom is 0.143 e. The van der Waals surface area contributed by atoms with Crippen LogP contribution in [0.5, 0.6) is 5.75 Å². The van der Waals surface area contributed by atoms with E-state index in [0.29, 0.717) is 11.4 Å². The molecule has 1 aromatic heterocycles. The van der Waals surface area contributed by atoms with Crippen LogP contribution in [0.3, 0.4) is 0 Å². The lowest BCUT2D eigenvalue weighted by Crippen LogP contribution is -2.02. The van der Waals surface area contributed by atoms with E-state index in [9.17, 15) is 4.39 Å². The molecular weight excluding hydrogens is 161 g/mol. The first-order chi connectivity index (χ1) is 5.88. The molecule has 0 saturated heterocycles. The second-order valence-corrected chi connectivity index (χ2v) is 2.14. The van der Waals surface area contributed by atoms with Gasteiger partial charge < -0.3 is 9.84 Å². The van der Waals surface area contributed by atoms with Crippen LogP contribution in [0.4, 0.5) is 4.39 Å². The standard InChI is InChI=1S/C8H10FNO2/c9-3-5-12-8-2-1-4-10-7(8)6-11/h1-2,4,11H,3,5-6H2. The third kappa shape index (κ3) is 2.17. The van der Waals surface area contributed by atoms with Crippen LogP contribution in [0.25, 0.3) is 0 Å². The Bertz CT molecular complexity index is 242. The maximum atomic E-state index is 11.7. The molecule has 1 N–H and O–H groups in total. The minimum atomic E-state index is -0.542. The van der Waals surface area contributed by atoms with Crippen LogP contribution in [0, 0.1) is 0 Å². The lowest BCUT2D eigenvalue weighted by molar-refractivity contribution is 0.244. The molecule has 3 nitrogen and oxygen atoms in total. The minimum absolute atomic E-state index is 0.00130. The molecule has 66 valence electrons. The zero-order chi connectivity index (χ0) is 8.81. The largest absolute Gasteiger partial charge is 0.489 e. The van der Waals surface area contributed by atoms with E-state index in [-0.39, 0.29) is 13.2 Å². The molecule has 0 bridgehead atoms. The van der Waals surface area contributed by atoms with E-state index in [1.165, 1.54) is 0 Å². The van der Waals surface area contributed by atoms with Crippen LogP contribution >= 0.6 is 0 Å². The molecule has 0 fully saturated rings. The Labute approximate surface area is 69.8 Å². The summed E-state index contributed by atoms with van der Waals surface area (Å²) in [5, 5.41) is 8.78. The molecule has 0 unspecified atom stereocenters. The zero-order valence-corrected chi connectivity index (χ0v) is 6.53. The van der Waals surface area contributed by atoms with E-state index in [0.717, 1.165) is 0 Å². The number of hydrogen-bond acceptors (Lipinski definition) is 3. The molecule has 0 spiro atoms. The fourth-order valence-corrected chi connectivity index (χ4v) is 0.822. The van der Waals surface area contributed by atoms with Crippen LogP contribution in [0.15, 0.2) is 18.3 Å². The Kier molecular flexibility index (Phi) is 3.47. The highest BCUT2D eigenvalue weighted by Crippen LogP contribution is 2.14. The highest BCUT2D eigenvalue weighted by Gasteiger charge is 2.01. The Morgan fingerprint density at radius 1 is 1.58 bits per heavy atom. The van der Waals surface area contributed by atoms with Crippen molar-refractivity contribution in [3.05, 3.63) is 24.0 Å². The Morgan fingerprint density at radius 3 is 3.08 bits per heavy atom. The van der Waals surface area contributed by atoms with Gasteiger partial charge in [-0.2, -0.15) is 0 Å². The summed E-state index contributed by atoms with van der Waals surface area (Å²) in [5.41, 5.74) is 0.436. The third-order valence-corrected chi connectivity index (χ3v) is 1.33. The predicted molar refractivity (Wildman–Crippen MR) is 41.6 cm³/mol. The fourth-order valence-electron chi connectivity index (χ4n) is 0.822. The number of hydrogen-bond donors (Lipinski definition) is 1. The average Bonchev–Trinajstić information content (AvgIpc) is 2.15. The summed E-state index contributed by atoms with van der Waals surface area (Å²) in [6.07, 6.45) is 1.55. The predicted octanol–water partition coefficient (Wildman–Crippen LogP) is 0.922. The van der Waals surface area contributed by atoms with Crippen molar-refractivity contribution in [1.82, 2.24) is 4.98 Å². The first-order valence-electron chi connectivity index (χ1n) is 3.62. The first kappa shape index (κ1) is 8.93. The van der Waals surface area contributed by atoms with E-state index >= 15 is 0 Å². The van der Waals surface area contributed by atoms with E-state index in [1.54, 1.807) is 18.3 Å².